The molecule has 0 aliphatic rings. The molecule has 2 rings (SSSR count). The molecule has 0 saturated carbocycles. The van der Waals surface area contributed by atoms with Gasteiger partial charge in [0, 0.05) is 5.56 Å². The van der Waals surface area contributed by atoms with Crippen LogP contribution >= 0.6 is 0 Å². The van der Waals surface area contributed by atoms with Gasteiger partial charge in [0.1, 0.15) is 0 Å². The average molecular weight is 300 g/mol. The minimum atomic E-state index is -3.59. The highest BCUT2D eigenvalue weighted by molar-refractivity contribution is 7.92. The summed E-state index contributed by atoms with van der Waals surface area (Å²) in [5.41, 5.74) is 7.56. The van der Waals surface area contributed by atoms with Crippen LogP contribution in [-0.4, -0.2) is 15.0 Å². The molecule has 0 saturated heterocycles. The fourth-order valence-corrected chi connectivity index (χ4v) is 2.85. The number of hydrogen-bond donors (Lipinski definition) is 2. The average Bonchev–Trinajstić information content (AvgIpc) is 2.48. The van der Waals surface area contributed by atoms with Crippen molar-refractivity contribution in [3.05, 3.63) is 59.7 Å². The van der Waals surface area contributed by atoms with Gasteiger partial charge in [0.25, 0.3) is 10.0 Å². The first-order valence-electron chi connectivity index (χ1n) is 6.40. The minimum absolute atomic E-state index is 0.222. The third-order valence-electron chi connectivity index (χ3n) is 2.87. The van der Waals surface area contributed by atoms with Gasteiger partial charge in [0.05, 0.1) is 17.1 Å². The van der Waals surface area contributed by atoms with Crippen LogP contribution in [0.1, 0.15) is 11.1 Å². The summed E-state index contributed by atoms with van der Waals surface area (Å²) in [7, 11) is -3.59. The quantitative estimate of drug-likeness (QED) is 0.853. The number of nitrogens with two attached hydrogens (primary N) is 1. The second-order valence-electron chi connectivity index (χ2n) is 4.45. The molecule has 0 heterocycles. The zero-order valence-corrected chi connectivity index (χ0v) is 12.4. The maximum absolute atomic E-state index is 12.2. The molecule has 3 N–H and O–H groups in total. The zero-order chi connectivity index (χ0) is 15.3. The summed E-state index contributed by atoms with van der Waals surface area (Å²) in [5, 5.41) is 0. The first kappa shape index (κ1) is 15.1. The Morgan fingerprint density at radius 1 is 1.14 bits per heavy atom. The van der Waals surface area contributed by atoms with Crippen molar-refractivity contribution in [3.8, 4) is 11.8 Å². The highest BCUT2D eigenvalue weighted by Gasteiger charge is 2.13. The Labute approximate surface area is 125 Å². The Hall–Kier alpha value is -2.29. The summed E-state index contributed by atoms with van der Waals surface area (Å²) in [4.78, 5) is 0.222. The Kier molecular flexibility index (Phi) is 4.63. The number of anilines is 1. The second kappa shape index (κ2) is 6.44. The van der Waals surface area contributed by atoms with E-state index in [1.54, 1.807) is 42.5 Å². The smallest absolute Gasteiger partial charge is 0.261 e. The molecule has 0 radical (unpaired) electrons. The number of nitrogens with one attached hydrogen (secondary N) is 1. The van der Waals surface area contributed by atoms with E-state index in [0.717, 1.165) is 11.1 Å². The molecule has 0 bridgehead atoms. The monoisotopic (exact) mass is 300 g/mol. The summed E-state index contributed by atoms with van der Waals surface area (Å²) < 4.78 is 27.0. The van der Waals surface area contributed by atoms with Gasteiger partial charge in [-0.2, -0.15) is 0 Å². The molecule has 4 nitrogen and oxygen atoms in total. The van der Waals surface area contributed by atoms with Gasteiger partial charge >= 0.3 is 0 Å². The van der Waals surface area contributed by atoms with Crippen LogP contribution in [0.25, 0.3) is 0 Å². The van der Waals surface area contributed by atoms with Crippen LogP contribution in [0.5, 0.6) is 0 Å². The zero-order valence-electron chi connectivity index (χ0n) is 11.6. The predicted octanol–water partition coefficient (Wildman–Crippen LogP) is 2.11. The normalized spacial score (nSPS) is 10.6. The standard InChI is InChI=1S/C16H16N2O2S/c1-13-9-10-15(12-14(13)6-5-11-17)18-21(19,20)16-7-3-2-4-8-16/h2-4,7-10,12,18H,11,17H2,1H3. The maximum atomic E-state index is 12.2. The lowest BCUT2D eigenvalue weighted by Crippen LogP contribution is -2.12. The Bertz CT molecular complexity index is 788. The van der Waals surface area contributed by atoms with Crippen LogP contribution in [0.15, 0.2) is 53.4 Å². The van der Waals surface area contributed by atoms with Crippen molar-refractivity contribution in [2.24, 2.45) is 5.73 Å². The topological polar surface area (TPSA) is 72.2 Å². The van der Waals surface area contributed by atoms with E-state index in [4.69, 9.17) is 5.73 Å². The van der Waals surface area contributed by atoms with Crippen molar-refractivity contribution in [2.45, 2.75) is 11.8 Å². The molecule has 0 fully saturated rings. The van der Waals surface area contributed by atoms with E-state index in [1.807, 2.05) is 13.0 Å². The van der Waals surface area contributed by atoms with Gasteiger partial charge in [-0.25, -0.2) is 8.42 Å². The lowest BCUT2D eigenvalue weighted by Gasteiger charge is -2.09. The molecular formula is C16H16N2O2S. The molecule has 0 aliphatic carbocycles. The van der Waals surface area contributed by atoms with E-state index >= 15 is 0 Å². The van der Waals surface area contributed by atoms with Crippen molar-refractivity contribution < 1.29 is 8.42 Å². The maximum Gasteiger partial charge on any atom is 0.261 e. The predicted molar refractivity (Wildman–Crippen MR) is 84.4 cm³/mol. The van der Waals surface area contributed by atoms with E-state index < -0.39 is 10.0 Å². The molecular weight excluding hydrogens is 284 g/mol. The van der Waals surface area contributed by atoms with Crippen molar-refractivity contribution >= 4 is 15.7 Å². The molecule has 0 unspecified atom stereocenters. The Balaban J connectivity index is 2.32. The largest absolute Gasteiger partial charge is 0.320 e. The molecule has 0 atom stereocenters. The molecule has 2 aromatic rings. The third kappa shape index (κ3) is 3.85. The number of benzene rings is 2. The number of aryl methyl sites for hydroxylation is 1. The van der Waals surface area contributed by atoms with E-state index in [2.05, 4.69) is 16.6 Å². The van der Waals surface area contributed by atoms with Gasteiger partial charge in [-0.1, -0.05) is 36.1 Å². The summed E-state index contributed by atoms with van der Waals surface area (Å²) in [6.45, 7) is 2.18. The van der Waals surface area contributed by atoms with Crippen LogP contribution in [0.2, 0.25) is 0 Å². The van der Waals surface area contributed by atoms with Crippen molar-refractivity contribution in [2.75, 3.05) is 11.3 Å². The summed E-state index contributed by atoms with van der Waals surface area (Å²) in [5.74, 6) is 5.70. The van der Waals surface area contributed by atoms with Crippen molar-refractivity contribution in [1.29, 1.82) is 0 Å². The van der Waals surface area contributed by atoms with Crippen LogP contribution < -0.4 is 10.5 Å². The van der Waals surface area contributed by atoms with Crippen LogP contribution in [-0.2, 0) is 10.0 Å². The number of sulfonamides is 1. The fourth-order valence-electron chi connectivity index (χ4n) is 1.78. The Morgan fingerprint density at radius 2 is 1.86 bits per heavy atom. The van der Waals surface area contributed by atoms with Crippen LogP contribution in [0.3, 0.4) is 0 Å². The highest BCUT2D eigenvalue weighted by Crippen LogP contribution is 2.18. The molecule has 0 aliphatic heterocycles. The SMILES string of the molecule is Cc1ccc(NS(=O)(=O)c2ccccc2)cc1C#CCN. The fraction of sp³-hybridized carbons (Fsp3) is 0.125. The minimum Gasteiger partial charge on any atom is -0.320 e. The summed E-state index contributed by atoms with van der Waals surface area (Å²) in [6.07, 6.45) is 0. The van der Waals surface area contributed by atoms with Gasteiger partial charge in [-0.15, -0.1) is 0 Å². The lowest BCUT2D eigenvalue weighted by molar-refractivity contribution is 0.601. The summed E-state index contributed by atoms with van der Waals surface area (Å²) >= 11 is 0. The molecule has 0 amide bonds. The van der Waals surface area contributed by atoms with E-state index in [1.165, 1.54) is 0 Å². The molecule has 108 valence electrons. The molecule has 5 heteroatoms. The van der Waals surface area contributed by atoms with Crippen LogP contribution in [0.4, 0.5) is 5.69 Å². The third-order valence-corrected chi connectivity index (χ3v) is 4.27. The van der Waals surface area contributed by atoms with E-state index in [-0.39, 0.29) is 11.4 Å². The van der Waals surface area contributed by atoms with E-state index in [0.29, 0.717) is 5.69 Å². The van der Waals surface area contributed by atoms with Gasteiger partial charge in [-0.05, 0) is 36.8 Å². The van der Waals surface area contributed by atoms with E-state index in [9.17, 15) is 8.42 Å². The lowest BCUT2D eigenvalue weighted by atomic mass is 10.1. The van der Waals surface area contributed by atoms with Gasteiger partial charge in [0.2, 0.25) is 0 Å². The molecule has 21 heavy (non-hydrogen) atoms. The number of rotatable bonds is 3. The second-order valence-corrected chi connectivity index (χ2v) is 6.14. The first-order chi connectivity index (χ1) is 10.0. The van der Waals surface area contributed by atoms with Crippen molar-refractivity contribution in [3.63, 3.8) is 0 Å². The number of hydrogen-bond acceptors (Lipinski definition) is 3. The van der Waals surface area contributed by atoms with Crippen molar-refractivity contribution in [1.82, 2.24) is 0 Å². The first-order valence-corrected chi connectivity index (χ1v) is 7.89. The molecule has 2 aromatic carbocycles. The Morgan fingerprint density at radius 3 is 2.52 bits per heavy atom. The summed E-state index contributed by atoms with van der Waals surface area (Å²) in [6, 6.07) is 13.5. The van der Waals surface area contributed by atoms with Crippen LogP contribution in [0, 0.1) is 18.8 Å². The molecule has 0 spiro atoms. The highest BCUT2D eigenvalue weighted by atomic mass is 32.2. The van der Waals surface area contributed by atoms with Gasteiger partial charge in [-0.3, -0.25) is 4.72 Å². The molecule has 0 aromatic heterocycles. The van der Waals surface area contributed by atoms with Gasteiger partial charge in [0.15, 0.2) is 0 Å². The van der Waals surface area contributed by atoms with Gasteiger partial charge < -0.3 is 5.73 Å².